The van der Waals surface area contributed by atoms with Crippen molar-refractivity contribution in [3.8, 4) is 5.75 Å². The average Bonchev–Trinajstić information content (AvgIpc) is 2.70. The summed E-state index contributed by atoms with van der Waals surface area (Å²) in [6.07, 6.45) is 9.65. The van der Waals surface area contributed by atoms with Gasteiger partial charge >= 0.3 is 6.36 Å². The molecule has 3 rings (SSSR count). The number of rotatable bonds is 8. The van der Waals surface area contributed by atoms with Crippen LogP contribution in [-0.4, -0.2) is 6.36 Å². The molecule has 1 aromatic rings. The van der Waals surface area contributed by atoms with Gasteiger partial charge in [0, 0.05) is 0 Å². The highest BCUT2D eigenvalue weighted by atomic mass is 19.4. The fraction of sp³-hybridized carbons (Fsp3) is 0.667. The Bertz CT molecular complexity index is 745. The monoisotopic (exact) mass is 430 g/mol. The van der Waals surface area contributed by atoms with Crippen LogP contribution in [0.1, 0.15) is 82.3 Å². The molecule has 0 amide bonds. The second-order valence-corrected chi connectivity index (χ2v) is 8.85. The molecule has 0 N–H and O–H groups in total. The first kappa shape index (κ1) is 23.1. The van der Waals surface area contributed by atoms with Gasteiger partial charge in [-0.25, -0.2) is 8.78 Å². The molecule has 1 fully saturated rings. The zero-order valence-electron chi connectivity index (χ0n) is 17.6. The summed E-state index contributed by atoms with van der Waals surface area (Å²) in [5, 5.41) is 0. The summed E-state index contributed by atoms with van der Waals surface area (Å²) in [7, 11) is 0. The van der Waals surface area contributed by atoms with Crippen molar-refractivity contribution in [2.24, 2.45) is 11.8 Å². The number of hydrogen-bond acceptors (Lipinski definition) is 1. The normalized spacial score (nSPS) is 21.9. The topological polar surface area (TPSA) is 9.23 Å². The van der Waals surface area contributed by atoms with Crippen molar-refractivity contribution in [2.45, 2.75) is 90.3 Å². The minimum Gasteiger partial charge on any atom is -0.399 e. The largest absolute Gasteiger partial charge is 0.573 e. The van der Waals surface area contributed by atoms with Crippen LogP contribution in [0.5, 0.6) is 5.75 Å². The SMILES string of the molecule is CCCCCC1CCC(CCC2=CCc3c(cc(F)c(OC(F)(F)F)c3F)C2)CC1. The van der Waals surface area contributed by atoms with E-state index in [0.717, 1.165) is 30.4 Å². The molecule has 1 nitrogen and oxygen atoms in total. The lowest BCUT2D eigenvalue weighted by Crippen LogP contribution is -2.20. The van der Waals surface area contributed by atoms with Gasteiger partial charge in [0.1, 0.15) is 0 Å². The van der Waals surface area contributed by atoms with Crippen molar-refractivity contribution >= 4 is 0 Å². The first-order valence-corrected chi connectivity index (χ1v) is 11.2. The number of alkyl halides is 3. The van der Waals surface area contributed by atoms with Crippen LogP contribution in [0.2, 0.25) is 0 Å². The quantitative estimate of drug-likeness (QED) is 0.230. The third-order valence-electron chi connectivity index (χ3n) is 6.66. The molecule has 0 atom stereocenters. The second kappa shape index (κ2) is 10.1. The van der Waals surface area contributed by atoms with Crippen LogP contribution in [0.3, 0.4) is 0 Å². The van der Waals surface area contributed by atoms with E-state index in [-0.39, 0.29) is 12.0 Å². The number of halogens is 5. The Hall–Kier alpha value is -1.59. The summed E-state index contributed by atoms with van der Waals surface area (Å²) in [6.45, 7) is 2.23. The van der Waals surface area contributed by atoms with Gasteiger partial charge in [0.2, 0.25) is 5.75 Å². The Kier molecular flexibility index (Phi) is 7.81. The van der Waals surface area contributed by atoms with Crippen LogP contribution in [0.15, 0.2) is 17.7 Å². The zero-order valence-corrected chi connectivity index (χ0v) is 17.6. The van der Waals surface area contributed by atoms with E-state index in [2.05, 4.69) is 11.7 Å². The summed E-state index contributed by atoms with van der Waals surface area (Å²) >= 11 is 0. The molecule has 0 aromatic heterocycles. The summed E-state index contributed by atoms with van der Waals surface area (Å²) in [5.74, 6) is -2.32. The molecule has 2 aliphatic rings. The number of hydrogen-bond donors (Lipinski definition) is 0. The summed E-state index contributed by atoms with van der Waals surface area (Å²) < 4.78 is 69.2. The lowest BCUT2D eigenvalue weighted by molar-refractivity contribution is -0.276. The Morgan fingerprint density at radius 2 is 1.67 bits per heavy atom. The maximum Gasteiger partial charge on any atom is 0.573 e. The third kappa shape index (κ3) is 6.21. The maximum absolute atomic E-state index is 14.4. The first-order valence-electron chi connectivity index (χ1n) is 11.2. The molecule has 0 unspecified atom stereocenters. The molecule has 6 heteroatoms. The molecule has 1 aromatic carbocycles. The lowest BCUT2D eigenvalue weighted by Gasteiger charge is -2.29. The second-order valence-electron chi connectivity index (χ2n) is 8.85. The van der Waals surface area contributed by atoms with E-state index in [1.807, 2.05) is 6.08 Å². The van der Waals surface area contributed by atoms with Gasteiger partial charge < -0.3 is 4.74 Å². The van der Waals surface area contributed by atoms with Crippen LogP contribution < -0.4 is 4.74 Å². The summed E-state index contributed by atoms with van der Waals surface area (Å²) in [6, 6.07) is 0.994. The minimum atomic E-state index is -5.12. The first-order chi connectivity index (χ1) is 14.3. The predicted molar refractivity (Wildman–Crippen MR) is 107 cm³/mol. The van der Waals surface area contributed by atoms with Gasteiger partial charge in [-0.15, -0.1) is 13.2 Å². The fourth-order valence-corrected chi connectivity index (χ4v) is 4.91. The van der Waals surface area contributed by atoms with E-state index in [4.69, 9.17) is 0 Å². The molecule has 1 saturated carbocycles. The maximum atomic E-state index is 14.4. The smallest absolute Gasteiger partial charge is 0.399 e. The number of ether oxygens (including phenoxy) is 1. The van der Waals surface area contributed by atoms with Crippen molar-refractivity contribution in [2.75, 3.05) is 0 Å². The highest BCUT2D eigenvalue weighted by molar-refractivity contribution is 5.44. The van der Waals surface area contributed by atoms with Gasteiger partial charge in [-0.2, -0.15) is 0 Å². The molecule has 168 valence electrons. The molecule has 2 aliphatic carbocycles. The molecule has 30 heavy (non-hydrogen) atoms. The molecular weight excluding hydrogens is 399 g/mol. The number of benzene rings is 1. The average molecular weight is 431 g/mol. The van der Waals surface area contributed by atoms with Gasteiger partial charge in [-0.05, 0) is 54.7 Å². The van der Waals surface area contributed by atoms with Gasteiger partial charge in [-0.3, -0.25) is 0 Å². The molecule has 0 heterocycles. The van der Waals surface area contributed by atoms with E-state index in [0.29, 0.717) is 17.9 Å². The van der Waals surface area contributed by atoms with Crippen molar-refractivity contribution in [3.63, 3.8) is 0 Å². The highest BCUT2D eigenvalue weighted by Crippen LogP contribution is 2.38. The van der Waals surface area contributed by atoms with E-state index >= 15 is 0 Å². The summed E-state index contributed by atoms with van der Waals surface area (Å²) in [4.78, 5) is 0. The highest BCUT2D eigenvalue weighted by Gasteiger charge is 2.35. The predicted octanol–water partition coefficient (Wildman–Crippen LogP) is 8.06. The Morgan fingerprint density at radius 1 is 1.00 bits per heavy atom. The Labute approximate surface area is 175 Å². The van der Waals surface area contributed by atoms with Gasteiger partial charge in [0.05, 0.1) is 0 Å². The van der Waals surface area contributed by atoms with E-state index < -0.39 is 23.7 Å². The Morgan fingerprint density at radius 3 is 2.30 bits per heavy atom. The molecule has 0 spiro atoms. The van der Waals surface area contributed by atoms with E-state index in [9.17, 15) is 22.0 Å². The van der Waals surface area contributed by atoms with Crippen molar-refractivity contribution in [1.82, 2.24) is 0 Å². The van der Waals surface area contributed by atoms with Crippen LogP contribution in [0, 0.1) is 23.5 Å². The lowest BCUT2D eigenvalue weighted by atomic mass is 9.77. The van der Waals surface area contributed by atoms with E-state index in [1.54, 1.807) is 0 Å². The van der Waals surface area contributed by atoms with Crippen LogP contribution in [0.25, 0.3) is 0 Å². The van der Waals surface area contributed by atoms with Crippen molar-refractivity contribution in [1.29, 1.82) is 0 Å². The molecule has 0 aliphatic heterocycles. The third-order valence-corrected chi connectivity index (χ3v) is 6.66. The molecule has 0 radical (unpaired) electrons. The van der Waals surface area contributed by atoms with Crippen LogP contribution in [0.4, 0.5) is 22.0 Å². The van der Waals surface area contributed by atoms with Crippen LogP contribution in [-0.2, 0) is 12.8 Å². The molecule has 0 saturated heterocycles. The van der Waals surface area contributed by atoms with Crippen molar-refractivity contribution in [3.05, 3.63) is 40.5 Å². The van der Waals surface area contributed by atoms with E-state index in [1.165, 1.54) is 51.4 Å². The number of fused-ring (bicyclic) bond motifs is 1. The number of unbranched alkanes of at least 4 members (excludes halogenated alkanes) is 2. The van der Waals surface area contributed by atoms with Crippen LogP contribution >= 0.6 is 0 Å². The molecular formula is C24H31F5O. The van der Waals surface area contributed by atoms with Gasteiger partial charge in [0.25, 0.3) is 0 Å². The van der Waals surface area contributed by atoms with Gasteiger partial charge in [-0.1, -0.05) is 69.9 Å². The van der Waals surface area contributed by atoms with Gasteiger partial charge in [0.15, 0.2) is 11.6 Å². The Balaban J connectivity index is 1.51. The standard InChI is InChI=1S/C24H31F5O/c1-2-3-4-5-16-6-8-17(9-7-16)10-11-18-12-13-20-19(14-18)15-21(25)23(22(20)26)30-24(27,28)29/h12,15-17H,2-11,13-14H2,1H3. The summed E-state index contributed by atoms with van der Waals surface area (Å²) in [5.41, 5.74) is 1.65. The minimum absolute atomic E-state index is 0.104. The fourth-order valence-electron chi connectivity index (χ4n) is 4.91. The zero-order chi connectivity index (χ0) is 21.7. The number of allylic oxidation sites excluding steroid dienone is 2. The molecule has 0 bridgehead atoms. The van der Waals surface area contributed by atoms with Crippen molar-refractivity contribution < 1.29 is 26.7 Å².